The molecule has 158 valence electrons. The lowest BCUT2D eigenvalue weighted by Crippen LogP contribution is -2.29. The number of benzene rings is 2. The molecule has 1 aromatic heterocycles. The van der Waals surface area contributed by atoms with Crippen LogP contribution in [0.25, 0.3) is 6.08 Å². The van der Waals surface area contributed by atoms with E-state index < -0.39 is 0 Å². The van der Waals surface area contributed by atoms with E-state index in [1.54, 1.807) is 12.3 Å². The maximum atomic E-state index is 12.9. The molecule has 1 unspecified atom stereocenters. The van der Waals surface area contributed by atoms with E-state index in [9.17, 15) is 4.79 Å². The van der Waals surface area contributed by atoms with Gasteiger partial charge in [-0.3, -0.25) is 9.48 Å². The Morgan fingerprint density at radius 2 is 1.94 bits per heavy atom. The summed E-state index contributed by atoms with van der Waals surface area (Å²) in [6, 6.07) is 16.3. The average Bonchev–Trinajstić information content (AvgIpc) is 3.48. The van der Waals surface area contributed by atoms with Crippen molar-refractivity contribution in [2.45, 2.75) is 25.4 Å². The number of ether oxygens (including phenoxy) is 2. The summed E-state index contributed by atoms with van der Waals surface area (Å²) in [7, 11) is 0. The number of likely N-dealkylation sites (tertiary alicyclic amines) is 1. The normalized spacial score (nSPS) is 17.9. The van der Waals surface area contributed by atoms with E-state index in [2.05, 4.69) is 17.2 Å². The number of hydrogen-bond donors (Lipinski definition) is 0. The molecule has 1 atom stereocenters. The predicted molar refractivity (Wildman–Crippen MR) is 118 cm³/mol. The summed E-state index contributed by atoms with van der Waals surface area (Å²) in [5, 5.41) is 4.41. The van der Waals surface area contributed by atoms with Gasteiger partial charge in [0.25, 0.3) is 0 Å². The molecule has 6 heteroatoms. The van der Waals surface area contributed by atoms with Crippen molar-refractivity contribution in [1.82, 2.24) is 14.7 Å². The van der Waals surface area contributed by atoms with Gasteiger partial charge >= 0.3 is 0 Å². The van der Waals surface area contributed by atoms with Crippen molar-refractivity contribution in [2.24, 2.45) is 0 Å². The first kappa shape index (κ1) is 19.4. The maximum Gasteiger partial charge on any atom is 0.247 e. The molecule has 0 saturated carbocycles. The Morgan fingerprint density at radius 3 is 2.81 bits per heavy atom. The second kappa shape index (κ2) is 8.68. The van der Waals surface area contributed by atoms with Crippen LogP contribution in [0.4, 0.5) is 0 Å². The Morgan fingerprint density at radius 1 is 1.10 bits per heavy atom. The quantitative estimate of drug-likeness (QED) is 0.589. The van der Waals surface area contributed by atoms with Crippen molar-refractivity contribution in [2.75, 3.05) is 19.8 Å². The molecule has 2 aliphatic rings. The van der Waals surface area contributed by atoms with Crippen LogP contribution in [0.2, 0.25) is 0 Å². The van der Waals surface area contributed by atoms with Crippen molar-refractivity contribution in [3.05, 3.63) is 83.7 Å². The Kier molecular flexibility index (Phi) is 5.44. The highest BCUT2D eigenvalue weighted by molar-refractivity contribution is 5.92. The maximum absolute atomic E-state index is 12.9. The highest BCUT2D eigenvalue weighted by atomic mass is 16.6. The summed E-state index contributed by atoms with van der Waals surface area (Å²) in [4.78, 5) is 14.9. The van der Waals surface area contributed by atoms with E-state index in [-0.39, 0.29) is 11.9 Å². The molecule has 1 saturated heterocycles. The van der Waals surface area contributed by atoms with E-state index in [4.69, 9.17) is 9.47 Å². The van der Waals surface area contributed by atoms with Crippen LogP contribution >= 0.6 is 0 Å². The van der Waals surface area contributed by atoms with Gasteiger partial charge in [-0.15, -0.1) is 0 Å². The van der Waals surface area contributed by atoms with Crippen LogP contribution in [0, 0.1) is 0 Å². The van der Waals surface area contributed by atoms with E-state index >= 15 is 0 Å². The first-order chi connectivity index (χ1) is 15.3. The molecule has 0 spiro atoms. The second-order valence-electron chi connectivity index (χ2n) is 7.88. The fourth-order valence-electron chi connectivity index (χ4n) is 4.23. The van der Waals surface area contributed by atoms with Gasteiger partial charge in [0.1, 0.15) is 13.2 Å². The molecule has 3 aromatic rings. The van der Waals surface area contributed by atoms with Crippen molar-refractivity contribution >= 4 is 12.0 Å². The summed E-state index contributed by atoms with van der Waals surface area (Å²) in [6.07, 6.45) is 9.19. The van der Waals surface area contributed by atoms with Gasteiger partial charge < -0.3 is 14.4 Å². The molecule has 0 radical (unpaired) electrons. The Bertz CT molecular complexity index is 1090. The van der Waals surface area contributed by atoms with Crippen LogP contribution in [0.15, 0.2) is 67.0 Å². The third kappa shape index (κ3) is 4.33. The zero-order chi connectivity index (χ0) is 21.0. The number of rotatable bonds is 5. The molecule has 5 rings (SSSR count). The van der Waals surface area contributed by atoms with E-state index in [1.807, 2.05) is 58.3 Å². The highest BCUT2D eigenvalue weighted by Crippen LogP contribution is 2.38. The van der Waals surface area contributed by atoms with Gasteiger partial charge in [-0.25, -0.2) is 0 Å². The van der Waals surface area contributed by atoms with Crippen molar-refractivity contribution < 1.29 is 14.3 Å². The Labute approximate surface area is 181 Å². The summed E-state index contributed by atoms with van der Waals surface area (Å²) in [5.74, 6) is 1.57. The standard InChI is InChI=1S/C25H25N3O3/c29-25(11-8-20-16-26-27(18-20)17-19-5-2-1-3-6-19)28-12-4-7-22(28)21-9-10-23-24(15-21)31-14-13-30-23/h1-3,5-6,8-11,15-16,18,22H,4,7,12-14,17H2/b11-8+. The first-order valence-corrected chi connectivity index (χ1v) is 10.7. The fourth-order valence-corrected chi connectivity index (χ4v) is 4.23. The molecule has 1 fully saturated rings. The summed E-state index contributed by atoms with van der Waals surface area (Å²) in [5.41, 5.74) is 3.20. The van der Waals surface area contributed by atoms with Crippen LogP contribution < -0.4 is 9.47 Å². The summed E-state index contributed by atoms with van der Waals surface area (Å²) in [6.45, 7) is 2.61. The van der Waals surface area contributed by atoms with Gasteiger partial charge in [-0.1, -0.05) is 36.4 Å². The molecule has 0 N–H and O–H groups in total. The molecule has 6 nitrogen and oxygen atoms in total. The minimum atomic E-state index is 0.0215. The molecule has 31 heavy (non-hydrogen) atoms. The van der Waals surface area contributed by atoms with Crippen LogP contribution in [-0.4, -0.2) is 40.3 Å². The number of aromatic nitrogens is 2. The van der Waals surface area contributed by atoms with Gasteiger partial charge in [-0.05, 0) is 42.2 Å². The second-order valence-corrected chi connectivity index (χ2v) is 7.88. The average molecular weight is 415 g/mol. The van der Waals surface area contributed by atoms with Crippen LogP contribution in [0.3, 0.4) is 0 Å². The van der Waals surface area contributed by atoms with Gasteiger partial charge in [-0.2, -0.15) is 5.10 Å². The molecule has 0 aliphatic carbocycles. The number of carbonyl (C=O) groups is 1. The first-order valence-electron chi connectivity index (χ1n) is 10.7. The van der Waals surface area contributed by atoms with Gasteiger partial charge in [0, 0.05) is 24.4 Å². The number of carbonyl (C=O) groups excluding carboxylic acids is 1. The topological polar surface area (TPSA) is 56.6 Å². The van der Waals surface area contributed by atoms with Crippen LogP contribution in [0.1, 0.15) is 35.6 Å². The van der Waals surface area contributed by atoms with Crippen molar-refractivity contribution in [3.8, 4) is 11.5 Å². The number of amides is 1. The largest absolute Gasteiger partial charge is 0.486 e. The van der Waals surface area contributed by atoms with E-state index in [1.165, 1.54) is 5.56 Å². The molecular formula is C25H25N3O3. The van der Waals surface area contributed by atoms with Gasteiger partial charge in [0.2, 0.25) is 5.91 Å². The lowest BCUT2D eigenvalue weighted by molar-refractivity contribution is -0.126. The SMILES string of the molecule is O=C(/C=C/c1cnn(Cc2ccccc2)c1)N1CCCC1c1ccc2c(c1)OCCO2. The molecule has 0 bridgehead atoms. The number of fused-ring (bicyclic) bond motifs is 1. The number of hydrogen-bond acceptors (Lipinski definition) is 4. The van der Waals surface area contributed by atoms with Crippen molar-refractivity contribution in [3.63, 3.8) is 0 Å². The molecule has 2 aliphatic heterocycles. The fraction of sp³-hybridized carbons (Fsp3) is 0.280. The van der Waals surface area contributed by atoms with E-state index in [0.29, 0.717) is 19.8 Å². The third-order valence-electron chi connectivity index (χ3n) is 5.75. The zero-order valence-electron chi connectivity index (χ0n) is 17.3. The highest BCUT2D eigenvalue weighted by Gasteiger charge is 2.29. The Hall–Kier alpha value is -3.54. The minimum absolute atomic E-state index is 0.0215. The summed E-state index contributed by atoms with van der Waals surface area (Å²) < 4.78 is 13.2. The van der Waals surface area contributed by atoms with Gasteiger partial charge in [0.15, 0.2) is 11.5 Å². The van der Waals surface area contributed by atoms with Gasteiger partial charge in [0.05, 0.1) is 18.8 Å². The van der Waals surface area contributed by atoms with Crippen molar-refractivity contribution in [1.29, 1.82) is 0 Å². The van der Waals surface area contributed by atoms with Crippen LogP contribution in [-0.2, 0) is 11.3 Å². The molecule has 2 aromatic carbocycles. The molecular weight excluding hydrogens is 390 g/mol. The van der Waals surface area contributed by atoms with Crippen LogP contribution in [0.5, 0.6) is 11.5 Å². The molecule has 3 heterocycles. The monoisotopic (exact) mass is 415 g/mol. The minimum Gasteiger partial charge on any atom is -0.486 e. The smallest absolute Gasteiger partial charge is 0.247 e. The Balaban J connectivity index is 1.26. The molecule has 1 amide bonds. The number of nitrogens with zero attached hydrogens (tertiary/aromatic N) is 3. The third-order valence-corrected chi connectivity index (χ3v) is 5.75. The predicted octanol–water partition coefficient (Wildman–Crippen LogP) is 4.08. The summed E-state index contributed by atoms with van der Waals surface area (Å²) >= 11 is 0. The lowest BCUT2D eigenvalue weighted by Gasteiger charge is -2.26. The lowest BCUT2D eigenvalue weighted by atomic mass is 10.0. The zero-order valence-corrected chi connectivity index (χ0v) is 17.3. The van der Waals surface area contributed by atoms with E-state index in [0.717, 1.165) is 42.0 Å².